The van der Waals surface area contributed by atoms with Gasteiger partial charge in [0.25, 0.3) is 5.91 Å². The lowest BCUT2D eigenvalue weighted by atomic mass is 10.0. The van der Waals surface area contributed by atoms with E-state index in [9.17, 15) is 4.79 Å². The van der Waals surface area contributed by atoms with Crippen LogP contribution in [0.4, 0.5) is 5.95 Å². The van der Waals surface area contributed by atoms with Crippen LogP contribution in [0, 0.1) is 0 Å². The number of aromatic nitrogens is 3. The van der Waals surface area contributed by atoms with Crippen LogP contribution in [-0.2, 0) is 4.74 Å². The number of hydrogen-bond donors (Lipinski definition) is 2. The molecule has 0 aromatic carbocycles. The molecule has 1 amide bonds. The Morgan fingerprint density at radius 1 is 1.30 bits per heavy atom. The number of nitrogens with one attached hydrogen (secondary N) is 1. The normalized spacial score (nSPS) is 17.2. The molecule has 8 nitrogen and oxygen atoms in total. The van der Waals surface area contributed by atoms with E-state index in [1.807, 2.05) is 12.1 Å². The third-order valence-corrected chi connectivity index (χ3v) is 5.46. The molecule has 1 aliphatic rings. The van der Waals surface area contributed by atoms with E-state index in [1.54, 1.807) is 24.7 Å². The van der Waals surface area contributed by atoms with E-state index in [0.29, 0.717) is 30.5 Å². The van der Waals surface area contributed by atoms with Gasteiger partial charge in [-0.1, -0.05) is 6.07 Å². The van der Waals surface area contributed by atoms with E-state index in [2.05, 4.69) is 25.2 Å². The Morgan fingerprint density at radius 3 is 2.93 bits per heavy atom. The number of aliphatic hydroxyl groups is 1. The molecule has 0 bridgehead atoms. The Hall–Kier alpha value is -2.62. The Labute approximate surface area is 159 Å². The second-order valence-corrected chi connectivity index (χ2v) is 7.03. The average Bonchev–Trinajstić information content (AvgIpc) is 3.12. The minimum Gasteiger partial charge on any atom is -0.395 e. The van der Waals surface area contributed by atoms with Crippen LogP contribution in [0.3, 0.4) is 0 Å². The van der Waals surface area contributed by atoms with Gasteiger partial charge in [-0.05, 0) is 12.1 Å². The standard InChI is InChI=1S/C18H19N5O3S/c24-9-7-19-16(25)15-14(12-3-1-4-20-17(12)27-15)13-11-23(8-10-26-13)18-21-5-2-6-22-18/h1-6,13,24H,7-11H2,(H,19,25)/t13-/m1/s1. The van der Waals surface area contributed by atoms with E-state index in [0.717, 1.165) is 15.8 Å². The number of anilines is 1. The first-order chi connectivity index (χ1) is 13.3. The van der Waals surface area contributed by atoms with Crippen molar-refractivity contribution in [2.45, 2.75) is 6.10 Å². The predicted molar refractivity (Wildman–Crippen MR) is 102 cm³/mol. The van der Waals surface area contributed by atoms with Gasteiger partial charge in [-0.15, -0.1) is 11.3 Å². The van der Waals surface area contributed by atoms with E-state index < -0.39 is 0 Å². The van der Waals surface area contributed by atoms with E-state index in [1.165, 1.54) is 11.3 Å². The van der Waals surface area contributed by atoms with Gasteiger partial charge >= 0.3 is 0 Å². The van der Waals surface area contributed by atoms with Gasteiger partial charge in [0, 0.05) is 42.6 Å². The second kappa shape index (κ2) is 7.95. The van der Waals surface area contributed by atoms with Crippen molar-refractivity contribution < 1.29 is 14.6 Å². The summed E-state index contributed by atoms with van der Waals surface area (Å²) in [5.41, 5.74) is 0.833. The number of carbonyl (C=O) groups excluding carboxylic acids is 1. The number of aliphatic hydroxyl groups excluding tert-OH is 1. The Bertz CT molecular complexity index is 933. The molecule has 1 fully saturated rings. The first-order valence-corrected chi connectivity index (χ1v) is 9.49. The summed E-state index contributed by atoms with van der Waals surface area (Å²) in [4.78, 5) is 29.1. The molecule has 0 saturated carbocycles. The smallest absolute Gasteiger partial charge is 0.261 e. The summed E-state index contributed by atoms with van der Waals surface area (Å²) in [6, 6.07) is 5.59. The van der Waals surface area contributed by atoms with Crippen LogP contribution in [-0.4, -0.2) is 58.8 Å². The molecule has 3 aromatic heterocycles. The molecule has 1 atom stereocenters. The first-order valence-electron chi connectivity index (χ1n) is 8.68. The molecular weight excluding hydrogens is 366 g/mol. The monoisotopic (exact) mass is 385 g/mol. The average molecular weight is 385 g/mol. The number of carbonyl (C=O) groups is 1. The lowest BCUT2D eigenvalue weighted by Crippen LogP contribution is -2.40. The van der Waals surface area contributed by atoms with Gasteiger partial charge in [0.15, 0.2) is 0 Å². The zero-order chi connectivity index (χ0) is 18.6. The van der Waals surface area contributed by atoms with Gasteiger partial charge in [-0.25, -0.2) is 15.0 Å². The van der Waals surface area contributed by atoms with Gasteiger partial charge in [-0.3, -0.25) is 4.79 Å². The summed E-state index contributed by atoms with van der Waals surface area (Å²) in [5.74, 6) is 0.425. The highest BCUT2D eigenvalue weighted by molar-refractivity contribution is 7.20. The summed E-state index contributed by atoms with van der Waals surface area (Å²) in [7, 11) is 0. The summed E-state index contributed by atoms with van der Waals surface area (Å²) < 4.78 is 6.03. The molecule has 1 aliphatic heterocycles. The molecular formula is C18H19N5O3S. The highest BCUT2D eigenvalue weighted by Gasteiger charge is 2.30. The van der Waals surface area contributed by atoms with E-state index in [-0.39, 0.29) is 25.2 Å². The maximum absolute atomic E-state index is 12.7. The number of rotatable bonds is 5. The minimum atomic E-state index is -0.296. The van der Waals surface area contributed by atoms with Crippen LogP contribution in [0.1, 0.15) is 21.3 Å². The fraction of sp³-hybridized carbons (Fsp3) is 0.333. The first kappa shape index (κ1) is 17.8. The molecule has 3 aromatic rings. The van der Waals surface area contributed by atoms with Gasteiger partial charge in [-0.2, -0.15) is 0 Å². The van der Waals surface area contributed by atoms with Crippen molar-refractivity contribution >= 4 is 33.4 Å². The molecule has 1 saturated heterocycles. The Morgan fingerprint density at radius 2 is 2.11 bits per heavy atom. The third kappa shape index (κ3) is 3.61. The molecule has 4 heterocycles. The molecule has 140 valence electrons. The van der Waals surface area contributed by atoms with Gasteiger partial charge < -0.3 is 20.1 Å². The molecule has 0 radical (unpaired) electrons. The molecule has 9 heteroatoms. The van der Waals surface area contributed by atoms with Crippen molar-refractivity contribution in [2.75, 3.05) is 37.7 Å². The zero-order valence-electron chi connectivity index (χ0n) is 14.5. The zero-order valence-corrected chi connectivity index (χ0v) is 15.4. The molecule has 4 rings (SSSR count). The van der Waals surface area contributed by atoms with Gasteiger partial charge in [0.05, 0.1) is 19.8 Å². The number of fused-ring (bicyclic) bond motifs is 1. The quantitative estimate of drug-likeness (QED) is 0.684. The van der Waals surface area contributed by atoms with Crippen molar-refractivity contribution in [1.29, 1.82) is 0 Å². The Kier molecular flexibility index (Phi) is 5.23. The van der Waals surface area contributed by atoms with Crippen molar-refractivity contribution in [3.05, 3.63) is 47.2 Å². The molecule has 0 aliphatic carbocycles. The van der Waals surface area contributed by atoms with Gasteiger partial charge in [0.2, 0.25) is 5.95 Å². The fourth-order valence-corrected chi connectivity index (χ4v) is 4.26. The Balaban J connectivity index is 1.70. The summed E-state index contributed by atoms with van der Waals surface area (Å²) >= 11 is 1.34. The van der Waals surface area contributed by atoms with Crippen LogP contribution in [0.15, 0.2) is 36.8 Å². The lowest BCUT2D eigenvalue weighted by Gasteiger charge is -2.33. The molecule has 0 unspecified atom stereocenters. The van der Waals surface area contributed by atoms with Crippen LogP contribution in [0.25, 0.3) is 10.2 Å². The number of pyridine rings is 1. The highest BCUT2D eigenvalue weighted by atomic mass is 32.1. The van der Waals surface area contributed by atoms with Crippen LogP contribution >= 0.6 is 11.3 Å². The fourth-order valence-electron chi connectivity index (χ4n) is 3.15. The van der Waals surface area contributed by atoms with Crippen molar-refractivity contribution in [3.8, 4) is 0 Å². The highest BCUT2D eigenvalue weighted by Crippen LogP contribution is 2.37. The number of ether oxygens (including phenoxy) is 1. The van der Waals surface area contributed by atoms with Crippen molar-refractivity contribution in [1.82, 2.24) is 20.3 Å². The minimum absolute atomic E-state index is 0.108. The molecule has 0 spiro atoms. The second-order valence-electron chi connectivity index (χ2n) is 6.03. The topological polar surface area (TPSA) is 100 Å². The number of hydrogen-bond acceptors (Lipinski definition) is 8. The molecule has 2 N–H and O–H groups in total. The van der Waals surface area contributed by atoms with E-state index in [4.69, 9.17) is 9.84 Å². The summed E-state index contributed by atoms with van der Waals surface area (Å²) in [6.07, 6.45) is 4.84. The SMILES string of the molecule is O=C(NCCO)c1sc2ncccc2c1[C@H]1CN(c2ncccn2)CCO1. The predicted octanol–water partition coefficient (Wildman–Crippen LogP) is 1.39. The van der Waals surface area contributed by atoms with Crippen molar-refractivity contribution in [3.63, 3.8) is 0 Å². The van der Waals surface area contributed by atoms with Crippen LogP contribution < -0.4 is 10.2 Å². The van der Waals surface area contributed by atoms with Crippen LogP contribution in [0.2, 0.25) is 0 Å². The number of amides is 1. The number of nitrogens with zero attached hydrogens (tertiary/aromatic N) is 4. The molecule has 27 heavy (non-hydrogen) atoms. The third-order valence-electron chi connectivity index (χ3n) is 4.33. The summed E-state index contributed by atoms with van der Waals surface area (Å²) in [5, 5.41) is 12.7. The number of morpholine rings is 1. The maximum Gasteiger partial charge on any atom is 0.261 e. The van der Waals surface area contributed by atoms with E-state index >= 15 is 0 Å². The van der Waals surface area contributed by atoms with Gasteiger partial charge in [0.1, 0.15) is 15.8 Å². The van der Waals surface area contributed by atoms with Crippen molar-refractivity contribution in [2.24, 2.45) is 0 Å². The lowest BCUT2D eigenvalue weighted by molar-refractivity contribution is 0.0396. The largest absolute Gasteiger partial charge is 0.395 e. The van der Waals surface area contributed by atoms with Crippen LogP contribution in [0.5, 0.6) is 0 Å². The maximum atomic E-state index is 12.7. The number of thiophene rings is 1. The summed E-state index contributed by atoms with van der Waals surface area (Å²) in [6.45, 7) is 1.84.